The fourth-order valence-corrected chi connectivity index (χ4v) is 4.21. The van der Waals surface area contributed by atoms with Crippen LogP contribution in [0, 0.1) is 6.92 Å². The average Bonchev–Trinajstić information content (AvgIpc) is 3.66. The first-order valence-corrected chi connectivity index (χ1v) is 11.0. The molecular weight excluding hydrogens is 386 g/mol. The molecule has 1 aliphatic heterocycles. The summed E-state index contributed by atoms with van der Waals surface area (Å²) in [5.74, 6) is 2.37. The zero-order valence-electron chi connectivity index (χ0n) is 18.1. The van der Waals surface area contributed by atoms with Crippen LogP contribution in [0.1, 0.15) is 51.8 Å². The summed E-state index contributed by atoms with van der Waals surface area (Å²) in [6.07, 6.45) is 3.86. The van der Waals surface area contributed by atoms with Crippen molar-refractivity contribution in [2.45, 2.75) is 38.5 Å². The molecular formula is C26H27N3O2. The number of ether oxygens (including phenoxy) is 1. The number of aryl methyl sites for hydroxylation is 1. The smallest absolute Gasteiger partial charge is 0.253 e. The van der Waals surface area contributed by atoms with Crippen molar-refractivity contribution in [3.63, 3.8) is 0 Å². The van der Waals surface area contributed by atoms with Gasteiger partial charge in [-0.3, -0.25) is 4.79 Å². The zero-order valence-corrected chi connectivity index (χ0v) is 18.1. The molecule has 2 heterocycles. The van der Waals surface area contributed by atoms with E-state index in [9.17, 15) is 4.79 Å². The van der Waals surface area contributed by atoms with Gasteiger partial charge in [0.2, 0.25) is 0 Å². The molecule has 0 saturated heterocycles. The van der Waals surface area contributed by atoms with Gasteiger partial charge in [0, 0.05) is 47.8 Å². The van der Waals surface area contributed by atoms with Crippen LogP contribution < -0.4 is 4.74 Å². The van der Waals surface area contributed by atoms with Gasteiger partial charge >= 0.3 is 0 Å². The molecule has 0 radical (unpaired) electrons. The standard InChI is InChI=1S/C26H27N3O2/c1-17-3-5-20(6-4-17)26(30)29-15-13-22-23(14-16-29)27-25(19-7-8-19)28-24(22)18-9-11-21(31-2)12-10-18/h3-6,9-12,19H,7-8,13-16H2,1-2H3. The Morgan fingerprint density at radius 3 is 2.35 bits per heavy atom. The van der Waals surface area contributed by atoms with Gasteiger partial charge < -0.3 is 9.64 Å². The lowest BCUT2D eigenvalue weighted by Gasteiger charge is -2.20. The number of amides is 1. The van der Waals surface area contributed by atoms with Gasteiger partial charge in [0.15, 0.2) is 0 Å². The first-order valence-electron chi connectivity index (χ1n) is 11.0. The van der Waals surface area contributed by atoms with Gasteiger partial charge in [-0.05, 0) is 62.6 Å². The van der Waals surface area contributed by atoms with Crippen LogP contribution in [0.15, 0.2) is 48.5 Å². The molecule has 1 amide bonds. The average molecular weight is 414 g/mol. The van der Waals surface area contributed by atoms with Crippen LogP contribution in [0.2, 0.25) is 0 Å². The maximum atomic E-state index is 13.1. The van der Waals surface area contributed by atoms with Crippen molar-refractivity contribution in [3.05, 3.63) is 76.7 Å². The SMILES string of the molecule is COc1ccc(-c2nc(C3CC3)nc3c2CCN(C(=O)c2ccc(C)cc2)CC3)cc1. The first kappa shape index (κ1) is 19.7. The van der Waals surface area contributed by atoms with Gasteiger partial charge in [-0.2, -0.15) is 0 Å². The van der Waals surface area contributed by atoms with Crippen molar-refractivity contribution in [2.75, 3.05) is 20.2 Å². The number of aromatic nitrogens is 2. The van der Waals surface area contributed by atoms with Crippen molar-refractivity contribution >= 4 is 5.91 Å². The molecule has 158 valence electrons. The molecule has 1 aliphatic carbocycles. The van der Waals surface area contributed by atoms with Gasteiger partial charge in [-0.1, -0.05) is 17.7 Å². The number of benzene rings is 2. The van der Waals surface area contributed by atoms with Crippen LogP contribution >= 0.6 is 0 Å². The quantitative estimate of drug-likeness (QED) is 0.628. The Morgan fingerprint density at radius 2 is 1.68 bits per heavy atom. The number of hydrogen-bond acceptors (Lipinski definition) is 4. The molecule has 3 aromatic rings. The van der Waals surface area contributed by atoms with Crippen LogP contribution in [0.3, 0.4) is 0 Å². The Balaban J connectivity index is 1.47. The maximum Gasteiger partial charge on any atom is 0.253 e. The van der Waals surface area contributed by atoms with Crippen LogP contribution in [0.25, 0.3) is 11.3 Å². The minimum Gasteiger partial charge on any atom is -0.497 e. The fraction of sp³-hybridized carbons (Fsp3) is 0.346. The Labute approximate surface area is 183 Å². The molecule has 0 spiro atoms. The second kappa shape index (κ2) is 8.14. The minimum atomic E-state index is 0.0918. The van der Waals surface area contributed by atoms with Crippen molar-refractivity contribution in [1.29, 1.82) is 0 Å². The summed E-state index contributed by atoms with van der Waals surface area (Å²) >= 11 is 0. The van der Waals surface area contributed by atoms with E-state index in [0.717, 1.165) is 52.5 Å². The van der Waals surface area contributed by atoms with E-state index < -0.39 is 0 Å². The number of carbonyl (C=O) groups is 1. The predicted octanol–water partition coefficient (Wildman–Crippen LogP) is 4.58. The lowest BCUT2D eigenvalue weighted by Crippen LogP contribution is -2.33. The van der Waals surface area contributed by atoms with Crippen LogP contribution in [-0.4, -0.2) is 41.0 Å². The van der Waals surface area contributed by atoms with Crippen molar-refractivity contribution < 1.29 is 9.53 Å². The summed E-state index contributed by atoms with van der Waals surface area (Å²) in [6.45, 7) is 3.39. The third-order valence-electron chi connectivity index (χ3n) is 6.25. The van der Waals surface area contributed by atoms with Gasteiger partial charge in [0.05, 0.1) is 12.8 Å². The number of hydrogen-bond donors (Lipinski definition) is 0. The lowest BCUT2D eigenvalue weighted by atomic mass is 10.0. The number of fused-ring (bicyclic) bond motifs is 1. The summed E-state index contributed by atoms with van der Waals surface area (Å²) in [4.78, 5) is 25.0. The molecule has 0 N–H and O–H groups in total. The maximum absolute atomic E-state index is 13.1. The van der Waals surface area contributed by atoms with Crippen molar-refractivity contribution in [2.24, 2.45) is 0 Å². The molecule has 5 rings (SSSR count). The Bertz CT molecular complexity index is 1100. The van der Waals surface area contributed by atoms with Crippen LogP contribution in [-0.2, 0) is 12.8 Å². The molecule has 1 saturated carbocycles. The Morgan fingerprint density at radius 1 is 0.968 bits per heavy atom. The molecule has 0 unspecified atom stereocenters. The largest absolute Gasteiger partial charge is 0.497 e. The van der Waals surface area contributed by atoms with E-state index in [1.807, 2.05) is 48.2 Å². The van der Waals surface area contributed by atoms with Crippen molar-refractivity contribution in [3.8, 4) is 17.0 Å². The molecule has 0 bridgehead atoms. The molecule has 5 nitrogen and oxygen atoms in total. The Hall–Kier alpha value is -3.21. The second-order valence-electron chi connectivity index (χ2n) is 8.52. The molecule has 5 heteroatoms. The third kappa shape index (κ3) is 4.05. The van der Waals surface area contributed by atoms with Crippen LogP contribution in [0.4, 0.5) is 0 Å². The molecule has 2 aliphatic rings. The number of carbonyl (C=O) groups excluding carboxylic acids is 1. The van der Waals surface area contributed by atoms with Crippen molar-refractivity contribution in [1.82, 2.24) is 14.9 Å². The normalized spacial score (nSPS) is 15.9. The molecule has 31 heavy (non-hydrogen) atoms. The topological polar surface area (TPSA) is 55.3 Å². The van der Waals surface area contributed by atoms with Gasteiger partial charge in [-0.15, -0.1) is 0 Å². The van der Waals surface area contributed by atoms with Crippen LogP contribution in [0.5, 0.6) is 5.75 Å². The van der Waals surface area contributed by atoms with Gasteiger partial charge in [-0.25, -0.2) is 9.97 Å². The zero-order chi connectivity index (χ0) is 21.4. The van der Waals surface area contributed by atoms with E-state index in [-0.39, 0.29) is 5.91 Å². The second-order valence-corrected chi connectivity index (χ2v) is 8.52. The first-order chi connectivity index (χ1) is 15.1. The molecule has 1 fully saturated rings. The fourth-order valence-electron chi connectivity index (χ4n) is 4.21. The minimum absolute atomic E-state index is 0.0918. The van der Waals surface area contributed by atoms with E-state index in [2.05, 4.69) is 12.1 Å². The van der Waals surface area contributed by atoms with E-state index >= 15 is 0 Å². The van der Waals surface area contributed by atoms with E-state index in [0.29, 0.717) is 19.0 Å². The molecule has 2 aromatic carbocycles. The predicted molar refractivity (Wildman–Crippen MR) is 120 cm³/mol. The number of methoxy groups -OCH3 is 1. The Kier molecular flexibility index (Phi) is 5.18. The highest BCUT2D eigenvalue weighted by molar-refractivity contribution is 5.94. The molecule has 1 aromatic heterocycles. The monoisotopic (exact) mass is 413 g/mol. The highest BCUT2D eigenvalue weighted by Gasteiger charge is 2.30. The summed E-state index contributed by atoms with van der Waals surface area (Å²) < 4.78 is 5.32. The lowest BCUT2D eigenvalue weighted by molar-refractivity contribution is 0.0763. The van der Waals surface area contributed by atoms with E-state index in [1.165, 1.54) is 18.4 Å². The summed E-state index contributed by atoms with van der Waals surface area (Å²) in [6, 6.07) is 15.9. The summed E-state index contributed by atoms with van der Waals surface area (Å²) in [7, 11) is 1.68. The summed E-state index contributed by atoms with van der Waals surface area (Å²) in [5.41, 5.74) is 6.28. The van der Waals surface area contributed by atoms with Gasteiger partial charge in [0.25, 0.3) is 5.91 Å². The highest BCUT2D eigenvalue weighted by atomic mass is 16.5. The number of rotatable bonds is 4. The summed E-state index contributed by atoms with van der Waals surface area (Å²) in [5, 5.41) is 0. The van der Waals surface area contributed by atoms with E-state index in [1.54, 1.807) is 7.11 Å². The van der Waals surface area contributed by atoms with Gasteiger partial charge in [0.1, 0.15) is 11.6 Å². The third-order valence-corrected chi connectivity index (χ3v) is 6.25. The highest BCUT2D eigenvalue weighted by Crippen LogP contribution is 2.40. The number of nitrogens with zero attached hydrogens (tertiary/aromatic N) is 3. The molecule has 0 atom stereocenters. The van der Waals surface area contributed by atoms with E-state index in [4.69, 9.17) is 14.7 Å².